The summed E-state index contributed by atoms with van der Waals surface area (Å²) in [6.45, 7) is 0. The minimum atomic E-state index is 0.285. The number of nitrogens with zero attached hydrogens (tertiary/aromatic N) is 2. The molecule has 0 aromatic heterocycles. The van der Waals surface area contributed by atoms with Gasteiger partial charge < -0.3 is 9.64 Å². The Morgan fingerprint density at radius 2 is 1.79 bits per heavy atom. The zero-order valence-corrected chi connectivity index (χ0v) is 14.0. The fourth-order valence-electron chi connectivity index (χ4n) is 4.73. The third-order valence-corrected chi connectivity index (χ3v) is 5.88. The highest BCUT2D eigenvalue weighted by Gasteiger charge is 2.45. The largest absolute Gasteiger partial charge is 0.497 e. The lowest BCUT2D eigenvalue weighted by Crippen LogP contribution is -2.54. The fraction of sp³-hybridized carbons (Fsp3) is 0.381. The molecule has 6 rings (SSSR count). The molecule has 3 heterocycles. The van der Waals surface area contributed by atoms with Crippen LogP contribution in [-0.4, -0.2) is 23.9 Å². The van der Waals surface area contributed by atoms with Crippen molar-refractivity contribution < 1.29 is 4.74 Å². The summed E-state index contributed by atoms with van der Waals surface area (Å²) in [5.74, 6) is 2.83. The molecule has 0 radical (unpaired) electrons. The monoisotopic (exact) mass is 318 g/mol. The molecule has 2 bridgehead atoms. The molecule has 24 heavy (non-hydrogen) atoms. The van der Waals surface area contributed by atoms with Crippen molar-refractivity contribution in [2.45, 2.75) is 37.8 Å². The Kier molecular flexibility index (Phi) is 3.15. The van der Waals surface area contributed by atoms with E-state index < -0.39 is 0 Å². The SMILES string of the molecule is COc1ccc2c(c1)N=C1C3CCC(CC3)N1C2c1ccccc1. The summed E-state index contributed by atoms with van der Waals surface area (Å²) in [7, 11) is 1.72. The molecule has 0 N–H and O–H groups in total. The van der Waals surface area contributed by atoms with Gasteiger partial charge in [-0.25, -0.2) is 4.99 Å². The molecule has 3 nitrogen and oxygen atoms in total. The maximum Gasteiger partial charge on any atom is 0.121 e. The second-order valence-electron chi connectivity index (χ2n) is 7.12. The van der Waals surface area contributed by atoms with Gasteiger partial charge in [-0.2, -0.15) is 0 Å². The van der Waals surface area contributed by atoms with Crippen molar-refractivity contribution in [2.75, 3.05) is 7.11 Å². The number of methoxy groups -OCH3 is 1. The van der Waals surface area contributed by atoms with Gasteiger partial charge in [0.15, 0.2) is 0 Å². The first-order chi connectivity index (χ1) is 11.8. The molecule has 0 spiro atoms. The van der Waals surface area contributed by atoms with Crippen LogP contribution in [-0.2, 0) is 0 Å². The van der Waals surface area contributed by atoms with Gasteiger partial charge in [0.1, 0.15) is 11.6 Å². The number of benzene rings is 2. The summed E-state index contributed by atoms with van der Waals surface area (Å²) in [5.41, 5.74) is 3.75. The van der Waals surface area contributed by atoms with Gasteiger partial charge in [0.25, 0.3) is 0 Å². The maximum absolute atomic E-state index is 5.44. The van der Waals surface area contributed by atoms with Crippen LogP contribution in [0.5, 0.6) is 5.75 Å². The van der Waals surface area contributed by atoms with E-state index in [1.165, 1.54) is 42.6 Å². The van der Waals surface area contributed by atoms with Crippen LogP contribution in [0.4, 0.5) is 5.69 Å². The summed E-state index contributed by atoms with van der Waals surface area (Å²) >= 11 is 0. The number of fused-ring (bicyclic) bond motifs is 3. The van der Waals surface area contributed by atoms with Gasteiger partial charge in [-0.15, -0.1) is 0 Å². The molecule has 3 aliphatic heterocycles. The van der Waals surface area contributed by atoms with Crippen LogP contribution in [0, 0.1) is 5.92 Å². The molecule has 3 heteroatoms. The topological polar surface area (TPSA) is 24.8 Å². The van der Waals surface area contributed by atoms with Crippen molar-refractivity contribution in [3.8, 4) is 5.75 Å². The third-order valence-electron chi connectivity index (χ3n) is 5.88. The maximum atomic E-state index is 5.44. The zero-order chi connectivity index (χ0) is 16.1. The van der Waals surface area contributed by atoms with Crippen molar-refractivity contribution in [2.24, 2.45) is 10.9 Å². The lowest BCUT2D eigenvalue weighted by atomic mass is 9.75. The number of amidine groups is 1. The summed E-state index contributed by atoms with van der Waals surface area (Å²) in [6.07, 6.45) is 5.19. The van der Waals surface area contributed by atoms with Gasteiger partial charge in [-0.1, -0.05) is 36.4 Å². The normalized spacial score (nSPS) is 27.3. The number of ether oxygens (including phenoxy) is 1. The number of piperidine rings is 2. The van der Waals surface area contributed by atoms with E-state index in [2.05, 4.69) is 53.4 Å². The van der Waals surface area contributed by atoms with Gasteiger partial charge in [0.05, 0.1) is 18.8 Å². The molecule has 2 aromatic rings. The predicted molar refractivity (Wildman–Crippen MR) is 96.0 cm³/mol. The fourth-order valence-corrected chi connectivity index (χ4v) is 4.73. The van der Waals surface area contributed by atoms with E-state index in [0.29, 0.717) is 12.0 Å². The summed E-state index contributed by atoms with van der Waals surface area (Å²) in [5, 5.41) is 0. The van der Waals surface area contributed by atoms with E-state index >= 15 is 0 Å². The number of aliphatic imine (C=N–C) groups is 1. The standard InChI is InChI=1S/C21H22N2O/c1-24-17-11-12-18-19(13-17)22-21-15-7-9-16(10-8-15)23(21)20(18)14-5-3-2-4-6-14/h2-6,11-13,15-16,20H,7-10H2,1H3. The van der Waals surface area contributed by atoms with E-state index in [9.17, 15) is 0 Å². The van der Waals surface area contributed by atoms with Crippen LogP contribution in [0.3, 0.4) is 0 Å². The Morgan fingerprint density at radius 3 is 2.54 bits per heavy atom. The molecule has 1 atom stereocenters. The molecule has 1 aliphatic carbocycles. The minimum Gasteiger partial charge on any atom is -0.497 e. The van der Waals surface area contributed by atoms with Crippen LogP contribution >= 0.6 is 0 Å². The summed E-state index contributed by atoms with van der Waals surface area (Å²) < 4.78 is 5.44. The molecular formula is C21H22N2O. The first-order valence-corrected chi connectivity index (χ1v) is 8.95. The van der Waals surface area contributed by atoms with Crippen LogP contribution in [0.1, 0.15) is 42.9 Å². The van der Waals surface area contributed by atoms with Crippen LogP contribution in [0.15, 0.2) is 53.5 Å². The average Bonchev–Trinajstić information content (AvgIpc) is 2.67. The Bertz CT molecular complexity index is 791. The molecule has 3 fully saturated rings. The van der Waals surface area contributed by atoms with E-state index in [-0.39, 0.29) is 6.04 Å². The van der Waals surface area contributed by atoms with E-state index in [1.54, 1.807) is 7.11 Å². The van der Waals surface area contributed by atoms with Crippen molar-refractivity contribution in [3.63, 3.8) is 0 Å². The highest BCUT2D eigenvalue weighted by Crippen LogP contribution is 2.49. The lowest BCUT2D eigenvalue weighted by Gasteiger charge is -2.53. The molecule has 4 aliphatic rings. The van der Waals surface area contributed by atoms with Crippen molar-refractivity contribution >= 4 is 11.5 Å². The highest BCUT2D eigenvalue weighted by molar-refractivity contribution is 5.92. The first-order valence-electron chi connectivity index (χ1n) is 8.95. The second-order valence-corrected chi connectivity index (χ2v) is 7.12. The van der Waals surface area contributed by atoms with Gasteiger partial charge in [0, 0.05) is 23.6 Å². The van der Waals surface area contributed by atoms with E-state index in [0.717, 1.165) is 11.4 Å². The molecule has 1 unspecified atom stereocenters. The van der Waals surface area contributed by atoms with Crippen LogP contribution in [0.25, 0.3) is 0 Å². The summed E-state index contributed by atoms with van der Waals surface area (Å²) in [4.78, 5) is 7.72. The smallest absolute Gasteiger partial charge is 0.121 e. The molecule has 1 saturated carbocycles. The number of rotatable bonds is 2. The van der Waals surface area contributed by atoms with Gasteiger partial charge in [-0.3, -0.25) is 0 Å². The van der Waals surface area contributed by atoms with Crippen molar-refractivity contribution in [1.29, 1.82) is 0 Å². The summed E-state index contributed by atoms with van der Waals surface area (Å²) in [6, 6.07) is 18.2. The molecule has 2 aromatic carbocycles. The molecule has 2 saturated heterocycles. The van der Waals surface area contributed by atoms with Gasteiger partial charge in [0.2, 0.25) is 0 Å². The van der Waals surface area contributed by atoms with Crippen LogP contribution in [0.2, 0.25) is 0 Å². The van der Waals surface area contributed by atoms with Crippen LogP contribution < -0.4 is 4.74 Å². The lowest BCUT2D eigenvalue weighted by molar-refractivity contribution is 0.140. The Balaban J connectivity index is 1.71. The zero-order valence-electron chi connectivity index (χ0n) is 14.0. The Hall–Kier alpha value is -2.29. The second kappa shape index (κ2) is 5.37. The van der Waals surface area contributed by atoms with Gasteiger partial charge >= 0.3 is 0 Å². The molecule has 122 valence electrons. The third kappa shape index (κ3) is 2.00. The quantitative estimate of drug-likeness (QED) is 0.801. The average molecular weight is 318 g/mol. The number of hydrogen-bond acceptors (Lipinski definition) is 3. The Labute approximate surface area is 143 Å². The molecule has 0 amide bonds. The van der Waals surface area contributed by atoms with E-state index in [1.807, 2.05) is 0 Å². The molecular weight excluding hydrogens is 296 g/mol. The minimum absolute atomic E-state index is 0.285. The highest BCUT2D eigenvalue weighted by atomic mass is 16.5. The van der Waals surface area contributed by atoms with E-state index in [4.69, 9.17) is 9.73 Å². The predicted octanol–water partition coefficient (Wildman–Crippen LogP) is 4.70. The van der Waals surface area contributed by atoms with Crippen molar-refractivity contribution in [3.05, 3.63) is 59.7 Å². The first kappa shape index (κ1) is 14.1. The van der Waals surface area contributed by atoms with Gasteiger partial charge in [-0.05, 0) is 37.3 Å². The van der Waals surface area contributed by atoms with Crippen molar-refractivity contribution in [1.82, 2.24) is 4.90 Å². The number of hydrogen-bond donors (Lipinski definition) is 0. The Morgan fingerprint density at radius 1 is 1.00 bits per heavy atom.